The Hall–Kier alpha value is -1.20. The van der Waals surface area contributed by atoms with E-state index in [1.54, 1.807) is 0 Å². The van der Waals surface area contributed by atoms with Gasteiger partial charge in [-0.1, -0.05) is 0 Å². The lowest BCUT2D eigenvalue weighted by atomic mass is 10.1. The van der Waals surface area contributed by atoms with Crippen LogP contribution >= 0.6 is 11.3 Å². The van der Waals surface area contributed by atoms with Crippen LogP contribution in [0.25, 0.3) is 10.2 Å². The molecule has 0 bridgehead atoms. The predicted molar refractivity (Wildman–Crippen MR) is 86.4 cm³/mol. The molecule has 1 saturated heterocycles. The van der Waals surface area contributed by atoms with E-state index < -0.39 is 0 Å². The average Bonchev–Trinajstić information content (AvgIpc) is 2.96. The Labute approximate surface area is 129 Å². The molecule has 2 atom stereocenters. The van der Waals surface area contributed by atoms with Crippen LogP contribution in [-0.2, 0) is 17.6 Å². The molecule has 4 nitrogen and oxygen atoms in total. The summed E-state index contributed by atoms with van der Waals surface area (Å²) in [5, 5.41) is 1.32. The summed E-state index contributed by atoms with van der Waals surface area (Å²) in [4.78, 5) is 14.6. The van der Waals surface area contributed by atoms with Gasteiger partial charge in [-0.25, -0.2) is 9.97 Å². The minimum absolute atomic E-state index is 0.255. The van der Waals surface area contributed by atoms with Crippen molar-refractivity contribution in [1.82, 2.24) is 9.97 Å². The Morgan fingerprint density at radius 1 is 1.14 bits per heavy atom. The van der Waals surface area contributed by atoms with Crippen molar-refractivity contribution in [1.29, 1.82) is 0 Å². The molecule has 5 heteroatoms. The van der Waals surface area contributed by atoms with E-state index in [0.29, 0.717) is 0 Å². The fourth-order valence-corrected chi connectivity index (χ4v) is 4.96. The first-order valence-electron chi connectivity index (χ1n) is 7.81. The fraction of sp³-hybridized carbons (Fsp3) is 0.625. The molecule has 1 aliphatic carbocycles. The van der Waals surface area contributed by atoms with Gasteiger partial charge in [0.05, 0.1) is 17.6 Å². The molecule has 112 valence electrons. The lowest BCUT2D eigenvalue weighted by Crippen LogP contribution is -2.46. The predicted octanol–water partition coefficient (Wildman–Crippen LogP) is 3.10. The molecule has 0 unspecified atom stereocenters. The number of morpholine rings is 1. The van der Waals surface area contributed by atoms with E-state index in [0.717, 1.165) is 24.7 Å². The van der Waals surface area contributed by atoms with E-state index in [9.17, 15) is 0 Å². The van der Waals surface area contributed by atoms with Crippen molar-refractivity contribution in [3.8, 4) is 0 Å². The number of hydrogen-bond acceptors (Lipinski definition) is 5. The molecule has 2 aromatic heterocycles. The van der Waals surface area contributed by atoms with Crippen LogP contribution < -0.4 is 4.90 Å². The number of aryl methyl sites for hydroxylation is 3. The van der Waals surface area contributed by atoms with E-state index >= 15 is 0 Å². The van der Waals surface area contributed by atoms with Gasteiger partial charge in [0.2, 0.25) is 0 Å². The molecule has 1 fully saturated rings. The summed E-state index contributed by atoms with van der Waals surface area (Å²) in [6.45, 7) is 8.13. The van der Waals surface area contributed by atoms with E-state index in [4.69, 9.17) is 9.72 Å². The summed E-state index contributed by atoms with van der Waals surface area (Å²) in [7, 11) is 0. The van der Waals surface area contributed by atoms with E-state index in [-0.39, 0.29) is 12.2 Å². The van der Waals surface area contributed by atoms with E-state index in [1.165, 1.54) is 39.9 Å². The lowest BCUT2D eigenvalue weighted by molar-refractivity contribution is -0.00538. The summed E-state index contributed by atoms with van der Waals surface area (Å²) in [6, 6.07) is 0. The maximum absolute atomic E-state index is 5.87. The maximum Gasteiger partial charge on any atom is 0.141 e. The third-order valence-corrected chi connectivity index (χ3v) is 5.56. The van der Waals surface area contributed by atoms with Gasteiger partial charge in [0.25, 0.3) is 0 Å². The van der Waals surface area contributed by atoms with Gasteiger partial charge >= 0.3 is 0 Å². The van der Waals surface area contributed by atoms with Gasteiger partial charge < -0.3 is 9.64 Å². The standard InChI is InChI=1S/C16H21N3OS/c1-9-7-19(8-10(2)20-9)15-14-12-5-4-6-13(12)21-16(14)18-11(3)17-15/h9-10H,4-8H2,1-3H3/t9-,10-/m0/s1. The molecule has 4 rings (SSSR count). The van der Waals surface area contributed by atoms with E-state index in [2.05, 4.69) is 23.7 Å². The molecule has 0 spiro atoms. The van der Waals surface area contributed by atoms with Crippen LogP contribution in [0.5, 0.6) is 0 Å². The molecular weight excluding hydrogens is 282 g/mol. The average molecular weight is 303 g/mol. The molecule has 3 heterocycles. The number of nitrogens with zero attached hydrogens (tertiary/aromatic N) is 3. The summed E-state index contributed by atoms with van der Waals surface area (Å²) < 4.78 is 5.87. The summed E-state index contributed by atoms with van der Waals surface area (Å²) in [6.07, 6.45) is 4.19. The van der Waals surface area contributed by atoms with Crippen LogP contribution in [0.15, 0.2) is 0 Å². The third kappa shape index (κ3) is 2.23. The van der Waals surface area contributed by atoms with Crippen LogP contribution in [0.1, 0.15) is 36.5 Å². The summed E-state index contributed by atoms with van der Waals surface area (Å²) >= 11 is 1.87. The number of anilines is 1. The number of aromatic nitrogens is 2. The maximum atomic E-state index is 5.87. The van der Waals surface area contributed by atoms with Crippen molar-refractivity contribution >= 4 is 27.4 Å². The van der Waals surface area contributed by atoms with Gasteiger partial charge in [0, 0.05) is 18.0 Å². The van der Waals surface area contributed by atoms with Gasteiger partial charge in [0.15, 0.2) is 0 Å². The van der Waals surface area contributed by atoms with Crippen LogP contribution in [0, 0.1) is 6.92 Å². The lowest BCUT2D eigenvalue weighted by Gasteiger charge is -2.36. The van der Waals surface area contributed by atoms with Crippen LogP contribution in [0.4, 0.5) is 5.82 Å². The quantitative estimate of drug-likeness (QED) is 0.811. The van der Waals surface area contributed by atoms with Crippen molar-refractivity contribution in [2.24, 2.45) is 0 Å². The minimum atomic E-state index is 0.255. The number of thiophene rings is 1. The fourth-order valence-electron chi connectivity index (χ4n) is 3.66. The molecular formula is C16H21N3OS. The number of fused-ring (bicyclic) bond motifs is 3. The monoisotopic (exact) mass is 303 g/mol. The second-order valence-corrected chi connectivity index (χ2v) is 7.38. The van der Waals surface area contributed by atoms with Crippen LogP contribution in [0.3, 0.4) is 0 Å². The van der Waals surface area contributed by atoms with Crippen molar-refractivity contribution in [3.63, 3.8) is 0 Å². The van der Waals surface area contributed by atoms with Crippen molar-refractivity contribution < 1.29 is 4.74 Å². The number of ether oxygens (including phenoxy) is 1. The highest BCUT2D eigenvalue weighted by atomic mass is 32.1. The normalized spacial score (nSPS) is 25.6. The van der Waals surface area contributed by atoms with Gasteiger partial charge in [-0.2, -0.15) is 0 Å². The number of rotatable bonds is 1. The first-order valence-corrected chi connectivity index (χ1v) is 8.62. The highest BCUT2D eigenvalue weighted by molar-refractivity contribution is 7.19. The van der Waals surface area contributed by atoms with Gasteiger partial charge in [-0.3, -0.25) is 0 Å². The molecule has 21 heavy (non-hydrogen) atoms. The topological polar surface area (TPSA) is 38.2 Å². The van der Waals surface area contributed by atoms with Gasteiger partial charge in [-0.05, 0) is 45.6 Å². The smallest absolute Gasteiger partial charge is 0.141 e. The first-order chi connectivity index (χ1) is 10.1. The highest BCUT2D eigenvalue weighted by Crippen LogP contribution is 2.41. The minimum Gasteiger partial charge on any atom is -0.372 e. The zero-order valence-corrected chi connectivity index (χ0v) is 13.7. The van der Waals surface area contributed by atoms with Crippen LogP contribution in [0.2, 0.25) is 0 Å². The molecule has 2 aromatic rings. The van der Waals surface area contributed by atoms with E-state index in [1.807, 2.05) is 18.3 Å². The molecule has 0 amide bonds. The van der Waals surface area contributed by atoms with Crippen LogP contribution in [-0.4, -0.2) is 35.3 Å². The molecule has 0 radical (unpaired) electrons. The Morgan fingerprint density at radius 3 is 2.67 bits per heavy atom. The molecule has 0 N–H and O–H groups in total. The second-order valence-electron chi connectivity index (χ2n) is 6.29. The first kappa shape index (κ1) is 13.5. The van der Waals surface area contributed by atoms with Gasteiger partial charge in [0.1, 0.15) is 16.5 Å². The van der Waals surface area contributed by atoms with Crippen molar-refractivity contribution in [2.45, 2.75) is 52.2 Å². The Balaban J connectivity index is 1.87. The highest BCUT2D eigenvalue weighted by Gasteiger charge is 2.28. The second kappa shape index (κ2) is 4.92. The molecule has 0 aromatic carbocycles. The molecule has 1 aliphatic heterocycles. The SMILES string of the molecule is Cc1nc(N2C[C@H](C)O[C@@H](C)C2)c2c3c(sc2n1)CCC3. The molecule has 2 aliphatic rings. The van der Waals surface area contributed by atoms with Crippen molar-refractivity contribution in [3.05, 3.63) is 16.3 Å². The third-order valence-electron chi connectivity index (χ3n) is 4.38. The number of hydrogen-bond donors (Lipinski definition) is 0. The Bertz CT molecular complexity index is 686. The van der Waals surface area contributed by atoms with Crippen molar-refractivity contribution in [2.75, 3.05) is 18.0 Å². The summed E-state index contributed by atoms with van der Waals surface area (Å²) in [5.74, 6) is 2.02. The Kier molecular flexibility index (Phi) is 3.15. The summed E-state index contributed by atoms with van der Waals surface area (Å²) in [5.41, 5.74) is 1.51. The zero-order chi connectivity index (χ0) is 14.6. The Morgan fingerprint density at radius 2 is 1.90 bits per heavy atom. The van der Waals surface area contributed by atoms with Gasteiger partial charge in [-0.15, -0.1) is 11.3 Å². The largest absolute Gasteiger partial charge is 0.372 e. The zero-order valence-electron chi connectivity index (χ0n) is 12.8. The molecule has 0 saturated carbocycles.